The Balaban J connectivity index is 2.13. The van der Waals surface area contributed by atoms with Gasteiger partial charge in [0.25, 0.3) is 0 Å². The summed E-state index contributed by atoms with van der Waals surface area (Å²) >= 11 is 0. The molecule has 0 heterocycles. The van der Waals surface area contributed by atoms with Gasteiger partial charge < -0.3 is 4.43 Å². The fraction of sp³-hybridized carbons (Fsp3) is 0.909. The molecule has 3 rings (SSSR count). The molecule has 3 heteroatoms. The van der Waals surface area contributed by atoms with Crippen LogP contribution >= 0.6 is 0 Å². The van der Waals surface area contributed by atoms with Gasteiger partial charge in [-0.05, 0) is 51.2 Å². The Hall–Kier alpha value is -0.333. The molecular weight excluding hydrogens is 190 g/mol. The fourth-order valence-electron chi connectivity index (χ4n) is 2.83. The third kappa shape index (κ3) is 1.62. The first-order chi connectivity index (χ1) is 6.45. The van der Waals surface area contributed by atoms with Crippen LogP contribution in [-0.2, 0) is 4.43 Å². The minimum Gasteiger partial charge on any atom is -0.400 e. The van der Waals surface area contributed by atoms with Crippen LogP contribution in [0.4, 0.5) is 0 Å². The van der Waals surface area contributed by atoms with E-state index in [2.05, 4.69) is 25.7 Å². The molecule has 2 nitrogen and oxygen atoms in total. The van der Waals surface area contributed by atoms with Crippen LogP contribution in [0.1, 0.15) is 25.7 Å². The van der Waals surface area contributed by atoms with E-state index in [0.29, 0.717) is 5.92 Å². The molecule has 0 aromatic heterocycles. The van der Waals surface area contributed by atoms with Crippen molar-refractivity contribution in [3.63, 3.8) is 0 Å². The van der Waals surface area contributed by atoms with Gasteiger partial charge in [0.1, 0.15) is 5.60 Å². The third-order valence-corrected chi connectivity index (χ3v) is 4.47. The van der Waals surface area contributed by atoms with Gasteiger partial charge in [-0.25, -0.2) is 0 Å². The van der Waals surface area contributed by atoms with E-state index < -0.39 is 13.9 Å². The Bertz CT molecular complexity index is 269. The molecule has 1 atom stereocenters. The monoisotopic (exact) mass is 209 g/mol. The van der Waals surface area contributed by atoms with Crippen molar-refractivity contribution in [1.29, 1.82) is 5.26 Å². The summed E-state index contributed by atoms with van der Waals surface area (Å²) in [7, 11) is -1.58. The Morgan fingerprint density at radius 3 is 2.36 bits per heavy atom. The minimum atomic E-state index is -1.58. The second-order valence-electron chi connectivity index (χ2n) is 5.79. The van der Waals surface area contributed by atoms with Crippen LogP contribution in [-0.4, -0.2) is 13.9 Å². The molecule has 0 unspecified atom stereocenters. The quantitative estimate of drug-likeness (QED) is 0.655. The van der Waals surface area contributed by atoms with Crippen molar-refractivity contribution in [3.8, 4) is 6.07 Å². The van der Waals surface area contributed by atoms with Gasteiger partial charge in [0.15, 0.2) is 8.32 Å². The van der Waals surface area contributed by atoms with Gasteiger partial charge in [-0.15, -0.1) is 0 Å². The molecule has 0 amide bonds. The van der Waals surface area contributed by atoms with E-state index in [0.717, 1.165) is 12.3 Å². The highest BCUT2D eigenvalue weighted by Crippen LogP contribution is 2.53. The van der Waals surface area contributed by atoms with Gasteiger partial charge >= 0.3 is 0 Å². The molecule has 3 saturated carbocycles. The van der Waals surface area contributed by atoms with Gasteiger partial charge in [0, 0.05) is 5.92 Å². The summed E-state index contributed by atoms with van der Waals surface area (Å²) < 4.78 is 6.14. The molecule has 0 aromatic carbocycles. The average Bonchev–Trinajstić information content (AvgIpc) is 1.99. The van der Waals surface area contributed by atoms with E-state index >= 15 is 0 Å². The fourth-order valence-corrected chi connectivity index (χ4v) is 4.23. The van der Waals surface area contributed by atoms with E-state index in [1.807, 2.05) is 0 Å². The van der Waals surface area contributed by atoms with Crippen molar-refractivity contribution in [2.24, 2.45) is 11.8 Å². The van der Waals surface area contributed by atoms with E-state index in [9.17, 15) is 5.26 Å². The number of nitrogens with zero attached hydrogens (tertiary/aromatic N) is 1. The Morgan fingerprint density at radius 2 is 2.00 bits per heavy atom. The van der Waals surface area contributed by atoms with E-state index in [1.165, 1.54) is 19.3 Å². The first-order valence-corrected chi connectivity index (χ1v) is 8.97. The molecule has 2 bridgehead atoms. The smallest absolute Gasteiger partial charge is 0.185 e. The number of hydrogen-bond acceptors (Lipinski definition) is 2. The van der Waals surface area contributed by atoms with Crippen LogP contribution in [0.2, 0.25) is 19.6 Å². The number of fused-ring (bicyclic) bond motifs is 2. The maximum absolute atomic E-state index is 9.35. The molecule has 0 saturated heterocycles. The summed E-state index contributed by atoms with van der Waals surface area (Å²) in [5, 5.41) is 9.35. The minimum absolute atomic E-state index is 0.404. The topological polar surface area (TPSA) is 33.0 Å². The molecule has 0 radical (unpaired) electrons. The van der Waals surface area contributed by atoms with Crippen molar-refractivity contribution in [3.05, 3.63) is 0 Å². The Morgan fingerprint density at radius 1 is 1.36 bits per heavy atom. The summed E-state index contributed by atoms with van der Waals surface area (Å²) in [6.07, 6.45) is 4.65. The first kappa shape index (κ1) is 10.2. The van der Waals surface area contributed by atoms with Crippen molar-refractivity contribution >= 4 is 8.32 Å². The van der Waals surface area contributed by atoms with E-state index in [4.69, 9.17) is 4.43 Å². The van der Waals surface area contributed by atoms with Gasteiger partial charge in [0.2, 0.25) is 0 Å². The van der Waals surface area contributed by atoms with Crippen LogP contribution in [0.25, 0.3) is 0 Å². The normalized spacial score (nSPS) is 41.3. The highest BCUT2D eigenvalue weighted by atomic mass is 28.4. The first-order valence-electron chi connectivity index (χ1n) is 5.57. The molecule has 78 valence electrons. The standard InChI is InChI=1S/C11H19NOSi/c1-14(2,3)13-11(8-12)5-4-9-6-10(11)7-9/h9-10H,4-7H2,1-3H3/t9?,10?,11-/m0/s1. The molecule has 0 spiro atoms. The lowest BCUT2D eigenvalue weighted by atomic mass is 9.58. The number of nitriles is 1. The summed E-state index contributed by atoms with van der Waals surface area (Å²) in [5.41, 5.74) is -0.404. The van der Waals surface area contributed by atoms with Crippen molar-refractivity contribution in [2.45, 2.75) is 50.9 Å². The number of hydrogen-bond donors (Lipinski definition) is 0. The molecule has 14 heavy (non-hydrogen) atoms. The third-order valence-electron chi connectivity index (χ3n) is 3.50. The van der Waals surface area contributed by atoms with Gasteiger partial charge in [-0.1, -0.05) is 0 Å². The molecule has 3 aliphatic carbocycles. The zero-order valence-corrected chi connectivity index (χ0v) is 10.3. The van der Waals surface area contributed by atoms with Crippen LogP contribution in [0.15, 0.2) is 0 Å². The summed E-state index contributed by atoms with van der Waals surface area (Å²) in [4.78, 5) is 0. The van der Waals surface area contributed by atoms with Gasteiger partial charge in [0.05, 0.1) is 6.07 Å². The highest BCUT2D eigenvalue weighted by molar-refractivity contribution is 6.69. The Labute approximate surface area is 87.4 Å². The zero-order chi connectivity index (χ0) is 10.4. The zero-order valence-electron chi connectivity index (χ0n) is 9.34. The SMILES string of the molecule is C[Si](C)(C)O[C@]1(C#N)CCC2CC1C2. The molecule has 3 fully saturated rings. The van der Waals surface area contributed by atoms with Crippen molar-refractivity contribution < 1.29 is 4.43 Å². The van der Waals surface area contributed by atoms with Crippen LogP contribution in [0, 0.1) is 23.2 Å². The van der Waals surface area contributed by atoms with Crippen LogP contribution in [0.3, 0.4) is 0 Å². The lowest BCUT2D eigenvalue weighted by molar-refractivity contribution is -0.0667. The predicted octanol–water partition coefficient (Wildman–Crippen LogP) is 2.92. The largest absolute Gasteiger partial charge is 0.400 e. The molecule has 0 N–H and O–H groups in total. The maximum Gasteiger partial charge on any atom is 0.185 e. The van der Waals surface area contributed by atoms with E-state index in [1.54, 1.807) is 0 Å². The molecule has 0 aliphatic heterocycles. The molecule has 3 aliphatic rings. The number of rotatable bonds is 2. The maximum atomic E-state index is 9.35. The van der Waals surface area contributed by atoms with Crippen molar-refractivity contribution in [1.82, 2.24) is 0 Å². The van der Waals surface area contributed by atoms with Gasteiger partial charge in [-0.2, -0.15) is 5.26 Å². The highest BCUT2D eigenvalue weighted by Gasteiger charge is 2.53. The van der Waals surface area contributed by atoms with Crippen LogP contribution in [0.5, 0.6) is 0 Å². The second-order valence-corrected chi connectivity index (χ2v) is 10.2. The van der Waals surface area contributed by atoms with Crippen molar-refractivity contribution in [2.75, 3.05) is 0 Å². The predicted molar refractivity (Wildman–Crippen MR) is 58.2 cm³/mol. The molecule has 0 aromatic rings. The summed E-state index contributed by atoms with van der Waals surface area (Å²) in [6.45, 7) is 6.53. The second kappa shape index (κ2) is 3.08. The van der Waals surface area contributed by atoms with Gasteiger partial charge in [-0.3, -0.25) is 0 Å². The lowest BCUT2D eigenvalue weighted by Gasteiger charge is -2.52. The summed E-state index contributed by atoms with van der Waals surface area (Å²) in [6, 6.07) is 2.47. The lowest BCUT2D eigenvalue weighted by Crippen LogP contribution is -2.55. The summed E-state index contributed by atoms with van der Waals surface area (Å²) in [5.74, 6) is 1.45. The molecular formula is C11H19NOSi. The van der Waals surface area contributed by atoms with E-state index in [-0.39, 0.29) is 0 Å². The average molecular weight is 209 g/mol. The Kier molecular flexibility index (Phi) is 2.24. The van der Waals surface area contributed by atoms with Crippen LogP contribution < -0.4 is 0 Å².